The van der Waals surface area contributed by atoms with Crippen molar-refractivity contribution in [1.82, 2.24) is 10.2 Å². The van der Waals surface area contributed by atoms with Crippen molar-refractivity contribution in [3.63, 3.8) is 0 Å². The second kappa shape index (κ2) is 7.04. The lowest BCUT2D eigenvalue weighted by molar-refractivity contribution is 0.289. The largest absolute Gasteiger partial charge is 0.494 e. The summed E-state index contributed by atoms with van der Waals surface area (Å²) < 4.78 is 18.7. The first-order valence-electron chi connectivity index (χ1n) is 7.42. The summed E-state index contributed by atoms with van der Waals surface area (Å²) in [5.41, 5.74) is 0.955. The number of benzene rings is 1. The summed E-state index contributed by atoms with van der Waals surface area (Å²) in [4.78, 5) is 2.49. The van der Waals surface area contributed by atoms with Crippen LogP contribution in [-0.2, 0) is 0 Å². The standard InChI is InChI=1S/C16H25FN2O/c1-12(11-19-8-4-5-9-19)18-13(2)14-6-7-16(20-3)15(17)10-14/h6-7,10,12-13,18H,4-5,8-9,11H2,1-3H3. The third-order valence-corrected chi connectivity index (χ3v) is 3.94. The SMILES string of the molecule is COc1ccc(C(C)NC(C)CN2CCCC2)cc1F. The van der Waals surface area contributed by atoms with Gasteiger partial charge in [-0.15, -0.1) is 0 Å². The summed E-state index contributed by atoms with van der Waals surface area (Å²) in [7, 11) is 1.48. The molecule has 1 heterocycles. The van der Waals surface area contributed by atoms with Gasteiger partial charge in [-0.3, -0.25) is 0 Å². The minimum atomic E-state index is -0.300. The Balaban J connectivity index is 1.89. The Hall–Kier alpha value is -1.13. The van der Waals surface area contributed by atoms with Gasteiger partial charge in [0.05, 0.1) is 7.11 Å². The molecule has 2 atom stereocenters. The van der Waals surface area contributed by atoms with Crippen LogP contribution in [0.3, 0.4) is 0 Å². The van der Waals surface area contributed by atoms with Crippen molar-refractivity contribution in [3.8, 4) is 5.75 Å². The normalized spacial score (nSPS) is 19.0. The van der Waals surface area contributed by atoms with Crippen LogP contribution in [0.1, 0.15) is 38.3 Å². The van der Waals surface area contributed by atoms with E-state index in [1.165, 1.54) is 33.0 Å². The van der Waals surface area contributed by atoms with Gasteiger partial charge in [-0.25, -0.2) is 4.39 Å². The van der Waals surface area contributed by atoms with Gasteiger partial charge in [0, 0.05) is 18.6 Å². The van der Waals surface area contributed by atoms with E-state index in [-0.39, 0.29) is 11.9 Å². The highest BCUT2D eigenvalue weighted by molar-refractivity contribution is 5.30. The van der Waals surface area contributed by atoms with E-state index < -0.39 is 0 Å². The Kier molecular flexibility index (Phi) is 5.38. The number of likely N-dealkylation sites (tertiary alicyclic amines) is 1. The number of nitrogens with zero attached hydrogens (tertiary/aromatic N) is 1. The molecule has 2 unspecified atom stereocenters. The van der Waals surface area contributed by atoms with Gasteiger partial charge >= 0.3 is 0 Å². The van der Waals surface area contributed by atoms with Crippen LogP contribution in [0.2, 0.25) is 0 Å². The molecule has 1 fully saturated rings. The fourth-order valence-electron chi connectivity index (χ4n) is 2.88. The Morgan fingerprint density at radius 2 is 2.00 bits per heavy atom. The molecule has 1 aromatic carbocycles. The van der Waals surface area contributed by atoms with Gasteiger partial charge in [0.2, 0.25) is 0 Å². The molecule has 1 N–H and O–H groups in total. The van der Waals surface area contributed by atoms with Crippen LogP contribution >= 0.6 is 0 Å². The van der Waals surface area contributed by atoms with Crippen LogP contribution in [0.25, 0.3) is 0 Å². The van der Waals surface area contributed by atoms with E-state index in [2.05, 4.69) is 24.1 Å². The molecule has 0 radical (unpaired) electrons. The van der Waals surface area contributed by atoms with E-state index in [0.29, 0.717) is 11.8 Å². The Morgan fingerprint density at radius 3 is 2.60 bits per heavy atom. The second-order valence-electron chi connectivity index (χ2n) is 5.69. The maximum Gasteiger partial charge on any atom is 0.165 e. The first-order valence-corrected chi connectivity index (χ1v) is 7.42. The lowest BCUT2D eigenvalue weighted by Crippen LogP contribution is -2.39. The molecule has 0 amide bonds. The molecule has 0 bridgehead atoms. The molecule has 1 saturated heterocycles. The zero-order valence-electron chi connectivity index (χ0n) is 12.7. The van der Waals surface area contributed by atoms with E-state index in [4.69, 9.17) is 4.74 Å². The number of ether oxygens (including phenoxy) is 1. The fourth-order valence-corrected chi connectivity index (χ4v) is 2.88. The van der Waals surface area contributed by atoms with Crippen molar-refractivity contribution >= 4 is 0 Å². The van der Waals surface area contributed by atoms with Crippen molar-refractivity contribution in [2.45, 2.75) is 38.8 Å². The minimum absolute atomic E-state index is 0.132. The highest BCUT2D eigenvalue weighted by Crippen LogP contribution is 2.22. The molecular formula is C16H25FN2O. The number of halogens is 1. The van der Waals surface area contributed by atoms with E-state index in [1.54, 1.807) is 12.1 Å². The minimum Gasteiger partial charge on any atom is -0.494 e. The van der Waals surface area contributed by atoms with Gasteiger partial charge in [-0.1, -0.05) is 6.07 Å². The third kappa shape index (κ3) is 3.93. The van der Waals surface area contributed by atoms with Gasteiger partial charge in [0.25, 0.3) is 0 Å². The van der Waals surface area contributed by atoms with Gasteiger partial charge < -0.3 is 15.0 Å². The van der Waals surface area contributed by atoms with Crippen LogP contribution in [0.5, 0.6) is 5.75 Å². The Bertz CT molecular complexity index is 432. The van der Waals surface area contributed by atoms with Crippen LogP contribution in [0.4, 0.5) is 4.39 Å². The topological polar surface area (TPSA) is 24.5 Å². The summed E-state index contributed by atoms with van der Waals surface area (Å²) in [5, 5.41) is 3.54. The zero-order valence-corrected chi connectivity index (χ0v) is 12.7. The van der Waals surface area contributed by atoms with Crippen LogP contribution in [0.15, 0.2) is 18.2 Å². The van der Waals surface area contributed by atoms with Crippen molar-refractivity contribution in [1.29, 1.82) is 0 Å². The van der Waals surface area contributed by atoms with E-state index in [9.17, 15) is 4.39 Å². The average molecular weight is 280 g/mol. The molecule has 20 heavy (non-hydrogen) atoms. The predicted molar refractivity (Wildman–Crippen MR) is 79.6 cm³/mol. The molecule has 0 aliphatic carbocycles. The summed E-state index contributed by atoms with van der Waals surface area (Å²) >= 11 is 0. The van der Waals surface area contributed by atoms with E-state index in [1.807, 2.05) is 6.07 Å². The summed E-state index contributed by atoms with van der Waals surface area (Å²) in [6, 6.07) is 5.69. The zero-order chi connectivity index (χ0) is 14.5. The molecule has 0 aromatic heterocycles. The highest BCUT2D eigenvalue weighted by atomic mass is 19.1. The smallest absolute Gasteiger partial charge is 0.165 e. The Labute approximate surface area is 121 Å². The maximum atomic E-state index is 13.7. The summed E-state index contributed by atoms with van der Waals surface area (Å²) in [6.45, 7) is 7.73. The van der Waals surface area contributed by atoms with E-state index in [0.717, 1.165) is 12.1 Å². The molecule has 1 aliphatic rings. The van der Waals surface area contributed by atoms with Gasteiger partial charge in [0.1, 0.15) is 0 Å². The fraction of sp³-hybridized carbons (Fsp3) is 0.625. The molecule has 112 valence electrons. The quantitative estimate of drug-likeness (QED) is 0.867. The van der Waals surface area contributed by atoms with Gasteiger partial charge in [0.15, 0.2) is 11.6 Å². The average Bonchev–Trinajstić information content (AvgIpc) is 2.91. The first-order chi connectivity index (χ1) is 9.60. The van der Waals surface area contributed by atoms with Crippen LogP contribution in [0, 0.1) is 5.82 Å². The highest BCUT2D eigenvalue weighted by Gasteiger charge is 2.17. The van der Waals surface area contributed by atoms with E-state index >= 15 is 0 Å². The van der Waals surface area contributed by atoms with Gasteiger partial charge in [-0.2, -0.15) is 0 Å². The lowest BCUT2D eigenvalue weighted by Gasteiger charge is -2.25. The molecule has 2 rings (SSSR count). The van der Waals surface area contributed by atoms with Crippen LogP contribution < -0.4 is 10.1 Å². The third-order valence-electron chi connectivity index (χ3n) is 3.94. The molecule has 0 spiro atoms. The summed E-state index contributed by atoms with van der Waals surface area (Å²) in [6.07, 6.45) is 2.62. The number of hydrogen-bond donors (Lipinski definition) is 1. The number of methoxy groups -OCH3 is 1. The predicted octanol–water partition coefficient (Wildman–Crippen LogP) is 2.97. The molecule has 0 saturated carbocycles. The number of nitrogens with one attached hydrogen (secondary N) is 1. The van der Waals surface area contributed by atoms with Gasteiger partial charge in [-0.05, 0) is 57.5 Å². The molecule has 1 aliphatic heterocycles. The number of hydrogen-bond acceptors (Lipinski definition) is 3. The number of rotatable bonds is 6. The molecule has 3 nitrogen and oxygen atoms in total. The molecule has 1 aromatic rings. The summed E-state index contributed by atoms with van der Waals surface area (Å²) in [5.74, 6) is -0.00286. The first kappa shape index (κ1) is 15.3. The maximum absolute atomic E-state index is 13.7. The lowest BCUT2D eigenvalue weighted by atomic mass is 10.1. The monoisotopic (exact) mass is 280 g/mol. The Morgan fingerprint density at radius 1 is 1.30 bits per heavy atom. The van der Waals surface area contributed by atoms with Crippen molar-refractivity contribution < 1.29 is 9.13 Å². The van der Waals surface area contributed by atoms with Crippen LogP contribution in [-0.4, -0.2) is 37.7 Å². The molecule has 4 heteroatoms. The van der Waals surface area contributed by atoms with Crippen molar-refractivity contribution in [3.05, 3.63) is 29.6 Å². The van der Waals surface area contributed by atoms with Crippen molar-refractivity contribution in [2.24, 2.45) is 0 Å². The van der Waals surface area contributed by atoms with Crippen molar-refractivity contribution in [2.75, 3.05) is 26.7 Å². The second-order valence-corrected chi connectivity index (χ2v) is 5.69. The molecular weight excluding hydrogens is 255 g/mol.